The van der Waals surface area contributed by atoms with Crippen molar-refractivity contribution in [1.82, 2.24) is 0 Å². The molecule has 1 nitrogen and oxygen atoms in total. The van der Waals surface area contributed by atoms with Gasteiger partial charge in [-0.25, -0.2) is 0 Å². The van der Waals surface area contributed by atoms with Crippen molar-refractivity contribution in [2.45, 2.75) is 25.8 Å². The SMILES string of the molecule is NCc1ccc(CCCc2ccccc2)s1. The fraction of sp³-hybridized carbons (Fsp3) is 0.286. The zero-order valence-corrected chi connectivity index (χ0v) is 10.2. The highest BCUT2D eigenvalue weighted by Crippen LogP contribution is 2.18. The molecule has 0 aliphatic heterocycles. The van der Waals surface area contributed by atoms with Crippen LogP contribution in [-0.2, 0) is 19.4 Å². The van der Waals surface area contributed by atoms with Crippen molar-refractivity contribution in [3.8, 4) is 0 Å². The Labute approximate surface area is 101 Å². The van der Waals surface area contributed by atoms with Gasteiger partial charge in [-0.15, -0.1) is 11.3 Å². The minimum Gasteiger partial charge on any atom is -0.326 e. The van der Waals surface area contributed by atoms with Crippen LogP contribution in [0.4, 0.5) is 0 Å². The summed E-state index contributed by atoms with van der Waals surface area (Å²) in [5.74, 6) is 0. The maximum absolute atomic E-state index is 5.59. The van der Waals surface area contributed by atoms with Gasteiger partial charge in [-0.3, -0.25) is 0 Å². The minimum absolute atomic E-state index is 0.670. The average molecular weight is 231 g/mol. The number of benzene rings is 1. The van der Waals surface area contributed by atoms with Gasteiger partial charge in [0.2, 0.25) is 0 Å². The zero-order chi connectivity index (χ0) is 11.2. The van der Waals surface area contributed by atoms with Gasteiger partial charge in [0.1, 0.15) is 0 Å². The van der Waals surface area contributed by atoms with Gasteiger partial charge in [0.15, 0.2) is 0 Å². The molecule has 0 amide bonds. The second kappa shape index (κ2) is 5.83. The molecular weight excluding hydrogens is 214 g/mol. The van der Waals surface area contributed by atoms with Crippen molar-refractivity contribution in [3.63, 3.8) is 0 Å². The van der Waals surface area contributed by atoms with Crippen LogP contribution in [-0.4, -0.2) is 0 Å². The van der Waals surface area contributed by atoms with Gasteiger partial charge in [0.25, 0.3) is 0 Å². The molecule has 0 spiro atoms. The molecule has 0 fully saturated rings. The van der Waals surface area contributed by atoms with Gasteiger partial charge in [-0.05, 0) is 37.0 Å². The van der Waals surface area contributed by atoms with Crippen LogP contribution in [0.2, 0.25) is 0 Å². The highest BCUT2D eigenvalue weighted by Gasteiger charge is 1.99. The molecule has 0 saturated carbocycles. The number of hydrogen-bond acceptors (Lipinski definition) is 2. The fourth-order valence-corrected chi connectivity index (χ4v) is 2.72. The lowest BCUT2D eigenvalue weighted by Gasteiger charge is -1.99. The van der Waals surface area contributed by atoms with E-state index in [4.69, 9.17) is 5.73 Å². The van der Waals surface area contributed by atoms with E-state index in [9.17, 15) is 0 Å². The van der Waals surface area contributed by atoms with Crippen molar-refractivity contribution >= 4 is 11.3 Å². The first-order valence-corrected chi connectivity index (χ1v) is 6.52. The molecule has 0 unspecified atom stereocenters. The van der Waals surface area contributed by atoms with Crippen LogP contribution in [0.5, 0.6) is 0 Å². The lowest BCUT2D eigenvalue weighted by Crippen LogP contribution is -1.91. The Morgan fingerprint density at radius 3 is 2.31 bits per heavy atom. The summed E-state index contributed by atoms with van der Waals surface area (Å²) < 4.78 is 0. The Balaban J connectivity index is 1.80. The topological polar surface area (TPSA) is 26.0 Å². The summed E-state index contributed by atoms with van der Waals surface area (Å²) in [6.45, 7) is 0.670. The van der Waals surface area contributed by atoms with E-state index in [0.29, 0.717) is 6.54 Å². The van der Waals surface area contributed by atoms with Crippen LogP contribution >= 0.6 is 11.3 Å². The Bertz CT molecular complexity index is 419. The molecule has 84 valence electrons. The first kappa shape index (κ1) is 11.4. The highest BCUT2D eigenvalue weighted by molar-refractivity contribution is 7.11. The Hall–Kier alpha value is -1.12. The van der Waals surface area contributed by atoms with Crippen molar-refractivity contribution in [2.75, 3.05) is 0 Å². The number of rotatable bonds is 5. The van der Waals surface area contributed by atoms with Gasteiger partial charge in [0.05, 0.1) is 0 Å². The molecule has 2 heteroatoms. The van der Waals surface area contributed by atoms with Crippen LogP contribution in [0.3, 0.4) is 0 Å². The Morgan fingerprint density at radius 2 is 1.62 bits per heavy atom. The molecule has 1 heterocycles. The third-order valence-corrected chi connectivity index (χ3v) is 3.82. The van der Waals surface area contributed by atoms with Gasteiger partial charge >= 0.3 is 0 Å². The van der Waals surface area contributed by atoms with E-state index < -0.39 is 0 Å². The summed E-state index contributed by atoms with van der Waals surface area (Å²) in [6.07, 6.45) is 3.55. The van der Waals surface area contributed by atoms with E-state index in [1.807, 2.05) is 11.3 Å². The summed E-state index contributed by atoms with van der Waals surface area (Å²) in [4.78, 5) is 2.74. The second-order valence-electron chi connectivity index (χ2n) is 3.91. The van der Waals surface area contributed by atoms with Gasteiger partial charge < -0.3 is 5.73 Å². The molecule has 1 aromatic heterocycles. The summed E-state index contributed by atoms with van der Waals surface area (Å²) in [7, 11) is 0. The maximum Gasteiger partial charge on any atom is 0.0273 e. The maximum atomic E-state index is 5.59. The molecular formula is C14H17NS. The lowest BCUT2D eigenvalue weighted by atomic mass is 10.1. The van der Waals surface area contributed by atoms with Crippen LogP contribution in [0.25, 0.3) is 0 Å². The number of hydrogen-bond donors (Lipinski definition) is 1. The zero-order valence-electron chi connectivity index (χ0n) is 9.36. The summed E-state index contributed by atoms with van der Waals surface area (Å²) in [6, 6.07) is 15.0. The number of nitrogens with two attached hydrogens (primary N) is 1. The smallest absolute Gasteiger partial charge is 0.0273 e. The normalized spacial score (nSPS) is 10.6. The number of aryl methyl sites for hydroxylation is 2. The fourth-order valence-electron chi connectivity index (χ4n) is 1.78. The van der Waals surface area contributed by atoms with Crippen molar-refractivity contribution in [1.29, 1.82) is 0 Å². The molecule has 2 rings (SSSR count). The lowest BCUT2D eigenvalue weighted by molar-refractivity contribution is 0.831. The molecule has 0 aliphatic rings. The van der Waals surface area contributed by atoms with E-state index in [2.05, 4.69) is 42.5 Å². The van der Waals surface area contributed by atoms with E-state index in [1.54, 1.807) is 0 Å². The quantitative estimate of drug-likeness (QED) is 0.838. The molecule has 0 aliphatic carbocycles. The summed E-state index contributed by atoms with van der Waals surface area (Å²) in [5.41, 5.74) is 7.02. The molecule has 16 heavy (non-hydrogen) atoms. The summed E-state index contributed by atoms with van der Waals surface area (Å²) >= 11 is 1.84. The van der Waals surface area contributed by atoms with Crippen LogP contribution in [0.15, 0.2) is 42.5 Å². The third-order valence-electron chi connectivity index (χ3n) is 2.65. The van der Waals surface area contributed by atoms with Crippen LogP contribution in [0, 0.1) is 0 Å². The van der Waals surface area contributed by atoms with Gasteiger partial charge in [0, 0.05) is 16.3 Å². The van der Waals surface area contributed by atoms with Gasteiger partial charge in [-0.1, -0.05) is 30.3 Å². The molecule has 0 radical (unpaired) electrons. The second-order valence-corrected chi connectivity index (χ2v) is 5.16. The van der Waals surface area contributed by atoms with Crippen molar-refractivity contribution < 1.29 is 0 Å². The van der Waals surface area contributed by atoms with Crippen LogP contribution < -0.4 is 5.73 Å². The first-order chi connectivity index (χ1) is 7.88. The molecule has 0 bridgehead atoms. The van der Waals surface area contributed by atoms with E-state index in [-0.39, 0.29) is 0 Å². The van der Waals surface area contributed by atoms with Gasteiger partial charge in [-0.2, -0.15) is 0 Å². The molecule has 2 N–H and O–H groups in total. The molecule has 0 saturated heterocycles. The van der Waals surface area contributed by atoms with E-state index >= 15 is 0 Å². The predicted octanol–water partition coefficient (Wildman–Crippen LogP) is 3.38. The monoisotopic (exact) mass is 231 g/mol. The molecule has 1 aromatic carbocycles. The minimum atomic E-state index is 0.670. The molecule has 2 aromatic rings. The van der Waals surface area contributed by atoms with Crippen molar-refractivity contribution in [2.24, 2.45) is 5.73 Å². The highest BCUT2D eigenvalue weighted by atomic mass is 32.1. The summed E-state index contributed by atoms with van der Waals surface area (Å²) in [5, 5.41) is 0. The predicted molar refractivity (Wildman–Crippen MR) is 70.7 cm³/mol. The molecule has 0 atom stereocenters. The Kier molecular flexibility index (Phi) is 4.14. The van der Waals surface area contributed by atoms with Crippen LogP contribution in [0.1, 0.15) is 21.7 Å². The van der Waals surface area contributed by atoms with E-state index in [0.717, 1.165) is 6.42 Å². The first-order valence-electron chi connectivity index (χ1n) is 5.70. The third kappa shape index (κ3) is 3.19. The largest absolute Gasteiger partial charge is 0.326 e. The number of thiophene rings is 1. The Morgan fingerprint density at radius 1 is 0.875 bits per heavy atom. The standard InChI is InChI=1S/C14H17NS/c15-11-14-10-9-13(16-14)8-4-7-12-5-2-1-3-6-12/h1-3,5-6,9-10H,4,7-8,11,15H2. The average Bonchev–Trinajstić information content (AvgIpc) is 2.78. The van der Waals surface area contributed by atoms with Crippen molar-refractivity contribution in [3.05, 3.63) is 57.8 Å². The van der Waals surface area contributed by atoms with E-state index in [1.165, 1.54) is 28.2 Å².